The number of hydrogen-bond acceptors (Lipinski definition) is 2. The number of carbonyl (C=O) groups is 1. The molecule has 1 amide bonds. The van der Waals surface area contributed by atoms with Crippen molar-refractivity contribution in [1.82, 2.24) is 9.88 Å². The summed E-state index contributed by atoms with van der Waals surface area (Å²) in [5.74, 6) is 0.124. The first-order valence-electron chi connectivity index (χ1n) is 8.14. The number of amides is 1. The number of rotatable bonds is 3. The minimum atomic E-state index is 0.124. The van der Waals surface area contributed by atoms with E-state index in [1.165, 1.54) is 11.3 Å². The minimum Gasteiger partial charge on any atom is -0.354 e. The lowest BCUT2D eigenvalue weighted by Crippen LogP contribution is -2.45. The number of nitrogens with zero attached hydrogens (tertiary/aromatic N) is 1. The number of hydrogen-bond donors (Lipinski definition) is 2. The van der Waals surface area contributed by atoms with Gasteiger partial charge in [-0.2, -0.15) is 0 Å². The molecule has 0 aromatic carbocycles. The fourth-order valence-electron chi connectivity index (χ4n) is 3.63. The van der Waals surface area contributed by atoms with Crippen LogP contribution in [0.4, 0.5) is 0 Å². The molecule has 0 aliphatic heterocycles. The van der Waals surface area contributed by atoms with E-state index in [9.17, 15) is 4.79 Å². The van der Waals surface area contributed by atoms with Crippen molar-refractivity contribution in [3.63, 3.8) is 0 Å². The van der Waals surface area contributed by atoms with Gasteiger partial charge in [-0.15, -0.1) is 0 Å². The lowest BCUT2D eigenvalue weighted by Gasteiger charge is -2.35. The molecule has 1 aromatic rings. The van der Waals surface area contributed by atoms with E-state index < -0.39 is 0 Å². The highest BCUT2D eigenvalue weighted by Gasteiger charge is 2.29. The molecule has 2 atom stereocenters. The van der Waals surface area contributed by atoms with Crippen molar-refractivity contribution in [2.75, 3.05) is 6.54 Å². The highest BCUT2D eigenvalue weighted by atomic mass is 16.2. The fraction of sp³-hybridized carbons (Fsp3) is 0.588. The van der Waals surface area contributed by atoms with Crippen LogP contribution in [0.15, 0.2) is 12.1 Å². The van der Waals surface area contributed by atoms with E-state index in [-0.39, 0.29) is 11.9 Å². The van der Waals surface area contributed by atoms with Crippen molar-refractivity contribution in [3.8, 4) is 0 Å². The van der Waals surface area contributed by atoms with Crippen LogP contribution in [0.2, 0.25) is 0 Å². The summed E-state index contributed by atoms with van der Waals surface area (Å²) >= 11 is 0. The zero-order valence-corrected chi connectivity index (χ0v) is 12.8. The van der Waals surface area contributed by atoms with Crippen molar-refractivity contribution in [3.05, 3.63) is 29.1 Å². The third-order valence-corrected chi connectivity index (χ3v) is 4.75. The predicted octanol–water partition coefficient (Wildman–Crippen LogP) is 2.71. The maximum atomic E-state index is 12.8. The molecule has 0 bridgehead atoms. The van der Waals surface area contributed by atoms with Gasteiger partial charge in [0.2, 0.25) is 0 Å². The van der Waals surface area contributed by atoms with Gasteiger partial charge in [0, 0.05) is 24.3 Å². The number of aromatic amines is 1. The Morgan fingerprint density at radius 2 is 2.33 bits per heavy atom. The normalized spacial score (nSPS) is 24.7. The van der Waals surface area contributed by atoms with Gasteiger partial charge in [0.15, 0.2) is 0 Å². The van der Waals surface area contributed by atoms with Crippen LogP contribution >= 0.6 is 0 Å². The van der Waals surface area contributed by atoms with E-state index in [0.29, 0.717) is 6.04 Å². The molecule has 21 heavy (non-hydrogen) atoms. The first kappa shape index (κ1) is 14.4. The van der Waals surface area contributed by atoms with Gasteiger partial charge in [-0.05, 0) is 57.1 Å². The van der Waals surface area contributed by atoms with Crippen LogP contribution < -0.4 is 5.73 Å². The molecule has 1 heterocycles. The largest absolute Gasteiger partial charge is 0.354 e. The third-order valence-electron chi connectivity index (χ3n) is 4.75. The smallest absolute Gasteiger partial charge is 0.270 e. The highest BCUT2D eigenvalue weighted by Crippen LogP contribution is 2.25. The Balaban J connectivity index is 1.78. The van der Waals surface area contributed by atoms with E-state index in [1.807, 2.05) is 11.0 Å². The van der Waals surface area contributed by atoms with Crippen molar-refractivity contribution in [2.24, 2.45) is 5.73 Å². The molecule has 2 unspecified atom stereocenters. The van der Waals surface area contributed by atoms with Crippen LogP contribution in [0.3, 0.4) is 0 Å². The van der Waals surface area contributed by atoms with Crippen LogP contribution in [-0.4, -0.2) is 34.4 Å². The number of aryl methyl sites for hydroxylation is 1. The number of aromatic nitrogens is 1. The summed E-state index contributed by atoms with van der Waals surface area (Å²) < 4.78 is 0. The van der Waals surface area contributed by atoms with E-state index in [1.54, 1.807) is 0 Å². The van der Waals surface area contributed by atoms with Crippen molar-refractivity contribution in [2.45, 2.75) is 57.5 Å². The summed E-state index contributed by atoms with van der Waals surface area (Å²) in [5.41, 5.74) is 9.17. The number of nitrogens with one attached hydrogen (secondary N) is 1. The van der Waals surface area contributed by atoms with E-state index >= 15 is 0 Å². The van der Waals surface area contributed by atoms with Gasteiger partial charge in [-0.25, -0.2) is 0 Å². The standard InChI is InChI=1S/C17H25N3O/c1-2-20(14-8-5-7-13(18)11-14)17(21)16-10-12-6-3-4-9-15(12)19-16/h3,6,10,13-14,19H,2,4-5,7-9,11,18H2,1H3. The summed E-state index contributed by atoms with van der Waals surface area (Å²) in [6.45, 7) is 2.80. The lowest BCUT2D eigenvalue weighted by atomic mass is 9.90. The molecular weight excluding hydrogens is 262 g/mol. The number of carbonyl (C=O) groups excluding carboxylic acids is 1. The topological polar surface area (TPSA) is 62.1 Å². The van der Waals surface area contributed by atoms with Crippen LogP contribution in [0.5, 0.6) is 0 Å². The van der Waals surface area contributed by atoms with Gasteiger partial charge in [-0.3, -0.25) is 4.79 Å². The highest BCUT2D eigenvalue weighted by molar-refractivity contribution is 5.93. The fourth-order valence-corrected chi connectivity index (χ4v) is 3.63. The summed E-state index contributed by atoms with van der Waals surface area (Å²) in [6, 6.07) is 2.53. The number of allylic oxidation sites excluding steroid dienone is 1. The van der Waals surface area contributed by atoms with E-state index in [2.05, 4.69) is 24.1 Å². The molecule has 0 spiro atoms. The Morgan fingerprint density at radius 1 is 1.48 bits per heavy atom. The van der Waals surface area contributed by atoms with Crippen molar-refractivity contribution < 1.29 is 4.79 Å². The third kappa shape index (κ3) is 2.91. The second-order valence-corrected chi connectivity index (χ2v) is 6.23. The first-order chi connectivity index (χ1) is 10.2. The maximum absolute atomic E-state index is 12.8. The van der Waals surface area contributed by atoms with Crippen LogP contribution in [0.25, 0.3) is 6.08 Å². The average molecular weight is 287 g/mol. The second kappa shape index (κ2) is 6.06. The lowest BCUT2D eigenvalue weighted by molar-refractivity contribution is 0.0633. The molecule has 114 valence electrons. The summed E-state index contributed by atoms with van der Waals surface area (Å²) in [6.07, 6.45) is 10.5. The van der Waals surface area contributed by atoms with Crippen LogP contribution in [0.1, 0.15) is 60.8 Å². The molecule has 2 aliphatic carbocycles. The van der Waals surface area contributed by atoms with Gasteiger partial charge in [0.25, 0.3) is 5.91 Å². The molecule has 3 N–H and O–H groups in total. The Morgan fingerprint density at radius 3 is 3.05 bits per heavy atom. The maximum Gasteiger partial charge on any atom is 0.270 e. The summed E-state index contributed by atoms with van der Waals surface area (Å²) in [7, 11) is 0. The van der Waals surface area contributed by atoms with E-state index in [0.717, 1.165) is 50.8 Å². The molecule has 1 fully saturated rings. The zero-order valence-electron chi connectivity index (χ0n) is 12.8. The first-order valence-corrected chi connectivity index (χ1v) is 8.14. The van der Waals surface area contributed by atoms with Gasteiger partial charge >= 0.3 is 0 Å². The van der Waals surface area contributed by atoms with Crippen LogP contribution in [-0.2, 0) is 6.42 Å². The van der Waals surface area contributed by atoms with E-state index in [4.69, 9.17) is 5.73 Å². The Labute approximate surface area is 126 Å². The number of nitrogens with two attached hydrogens (primary N) is 1. The van der Waals surface area contributed by atoms with Gasteiger partial charge in [-0.1, -0.05) is 12.2 Å². The molecule has 2 aliphatic rings. The zero-order chi connectivity index (χ0) is 14.8. The minimum absolute atomic E-state index is 0.124. The molecular formula is C17H25N3O. The van der Waals surface area contributed by atoms with Gasteiger partial charge in [0.1, 0.15) is 5.69 Å². The molecule has 4 heteroatoms. The molecule has 3 rings (SSSR count). The quantitative estimate of drug-likeness (QED) is 0.898. The monoisotopic (exact) mass is 287 g/mol. The van der Waals surface area contributed by atoms with Crippen molar-refractivity contribution >= 4 is 12.0 Å². The number of fused-ring (bicyclic) bond motifs is 1. The second-order valence-electron chi connectivity index (χ2n) is 6.23. The molecule has 0 radical (unpaired) electrons. The molecule has 4 nitrogen and oxygen atoms in total. The SMILES string of the molecule is CCN(C(=O)c1cc2c([nH]1)CCC=C2)C1CCCC(N)C1. The van der Waals surface area contributed by atoms with Crippen molar-refractivity contribution in [1.29, 1.82) is 0 Å². The average Bonchev–Trinajstić information content (AvgIpc) is 2.92. The Bertz CT molecular complexity index is 546. The summed E-state index contributed by atoms with van der Waals surface area (Å²) in [5, 5.41) is 0. The molecule has 0 saturated heterocycles. The summed E-state index contributed by atoms with van der Waals surface area (Å²) in [4.78, 5) is 18.2. The number of H-pyrrole nitrogens is 1. The Hall–Kier alpha value is -1.55. The van der Waals surface area contributed by atoms with Crippen LogP contribution in [0, 0.1) is 0 Å². The predicted molar refractivity (Wildman–Crippen MR) is 85.1 cm³/mol. The van der Waals surface area contributed by atoms with Gasteiger partial charge < -0.3 is 15.6 Å². The molecule has 1 aromatic heterocycles. The van der Waals surface area contributed by atoms with Gasteiger partial charge in [0.05, 0.1) is 0 Å². The molecule has 1 saturated carbocycles. The Kier molecular flexibility index (Phi) is 4.15.